The summed E-state index contributed by atoms with van der Waals surface area (Å²) in [5, 5.41) is 6.79. The van der Waals surface area contributed by atoms with Crippen molar-refractivity contribution < 1.29 is 9.18 Å². The summed E-state index contributed by atoms with van der Waals surface area (Å²) in [6, 6.07) is 6.04. The highest BCUT2D eigenvalue weighted by atomic mass is 19.1. The van der Waals surface area contributed by atoms with Crippen LogP contribution < -0.4 is 11.1 Å². The molecule has 1 heterocycles. The smallest absolute Gasteiger partial charge is 0.246 e. The molecule has 0 spiro atoms. The van der Waals surface area contributed by atoms with Gasteiger partial charge < -0.3 is 11.1 Å². The van der Waals surface area contributed by atoms with Gasteiger partial charge in [0.15, 0.2) is 0 Å². The van der Waals surface area contributed by atoms with Gasteiger partial charge in [0.2, 0.25) is 5.91 Å². The average molecular weight is 276 g/mol. The van der Waals surface area contributed by atoms with Gasteiger partial charge in [-0.25, -0.2) is 4.39 Å². The Morgan fingerprint density at radius 3 is 2.70 bits per heavy atom. The first-order valence-electron chi connectivity index (χ1n) is 6.30. The average Bonchev–Trinajstić information content (AvgIpc) is 2.67. The van der Waals surface area contributed by atoms with E-state index in [1.165, 1.54) is 12.1 Å². The molecule has 106 valence electrons. The second kappa shape index (κ2) is 5.83. The number of nitrogens with zero attached hydrogens (tertiary/aromatic N) is 2. The molecule has 5 nitrogen and oxygen atoms in total. The van der Waals surface area contributed by atoms with Gasteiger partial charge in [-0.05, 0) is 26.0 Å². The van der Waals surface area contributed by atoms with Crippen molar-refractivity contribution in [1.29, 1.82) is 0 Å². The minimum atomic E-state index is -0.461. The van der Waals surface area contributed by atoms with Gasteiger partial charge in [0.25, 0.3) is 0 Å². The van der Waals surface area contributed by atoms with Crippen molar-refractivity contribution in [3.63, 3.8) is 0 Å². The van der Waals surface area contributed by atoms with E-state index >= 15 is 0 Å². The molecule has 2 rings (SSSR count). The number of carbonyl (C=O) groups excluding carboxylic acids is 1. The Kier molecular flexibility index (Phi) is 4.14. The van der Waals surface area contributed by atoms with E-state index in [0.29, 0.717) is 6.54 Å². The number of nitrogens with two attached hydrogens (primary N) is 1. The van der Waals surface area contributed by atoms with Crippen molar-refractivity contribution in [3.8, 4) is 0 Å². The number of benzene rings is 1. The zero-order chi connectivity index (χ0) is 14.7. The van der Waals surface area contributed by atoms with Crippen molar-refractivity contribution in [3.05, 3.63) is 47.0 Å². The summed E-state index contributed by atoms with van der Waals surface area (Å²) in [4.78, 5) is 11.9. The summed E-state index contributed by atoms with van der Waals surface area (Å²) in [6.07, 6.45) is 0. The highest BCUT2D eigenvalue weighted by molar-refractivity contribution is 5.90. The van der Waals surface area contributed by atoms with Crippen LogP contribution in [-0.4, -0.2) is 15.7 Å². The molecule has 1 aromatic heterocycles. The van der Waals surface area contributed by atoms with Gasteiger partial charge in [0.1, 0.15) is 12.4 Å². The third kappa shape index (κ3) is 2.85. The van der Waals surface area contributed by atoms with E-state index < -0.39 is 5.82 Å². The Hall–Kier alpha value is -2.21. The molecule has 0 aliphatic heterocycles. The number of aromatic nitrogens is 2. The van der Waals surface area contributed by atoms with Crippen molar-refractivity contribution in [2.45, 2.75) is 26.9 Å². The fraction of sp³-hybridized carbons (Fsp3) is 0.286. The normalized spacial score (nSPS) is 10.6. The van der Waals surface area contributed by atoms with Crippen LogP contribution in [0.1, 0.15) is 17.0 Å². The Morgan fingerprint density at radius 1 is 1.40 bits per heavy atom. The third-order valence-corrected chi connectivity index (χ3v) is 3.18. The van der Waals surface area contributed by atoms with Crippen molar-refractivity contribution >= 4 is 11.6 Å². The van der Waals surface area contributed by atoms with Crippen LogP contribution in [-0.2, 0) is 17.9 Å². The monoisotopic (exact) mass is 276 g/mol. The topological polar surface area (TPSA) is 72.9 Å². The Labute approximate surface area is 116 Å². The summed E-state index contributed by atoms with van der Waals surface area (Å²) >= 11 is 0. The predicted octanol–water partition coefficient (Wildman–Crippen LogP) is 1.74. The molecule has 1 aromatic carbocycles. The van der Waals surface area contributed by atoms with Crippen LogP contribution in [0.2, 0.25) is 0 Å². The maximum Gasteiger partial charge on any atom is 0.246 e. The molecule has 0 saturated heterocycles. The summed E-state index contributed by atoms with van der Waals surface area (Å²) in [6.45, 7) is 4.12. The van der Waals surface area contributed by atoms with Crippen molar-refractivity contribution in [2.24, 2.45) is 5.73 Å². The standard InChI is InChI=1S/C14H17FN4O/c1-9-11(7-16)10(2)19(18-9)8-14(20)17-13-6-4-3-5-12(13)15/h3-6H,7-8,16H2,1-2H3,(H,17,20). The molecular weight excluding hydrogens is 259 g/mol. The van der Waals surface area contributed by atoms with Crippen molar-refractivity contribution in [1.82, 2.24) is 9.78 Å². The van der Waals surface area contributed by atoms with Gasteiger partial charge in [-0.2, -0.15) is 5.10 Å². The number of anilines is 1. The largest absolute Gasteiger partial charge is 0.326 e. The maximum absolute atomic E-state index is 13.4. The fourth-order valence-corrected chi connectivity index (χ4v) is 2.07. The lowest BCUT2D eigenvalue weighted by Gasteiger charge is -2.07. The van der Waals surface area contributed by atoms with E-state index in [1.54, 1.807) is 16.8 Å². The van der Waals surface area contributed by atoms with Gasteiger partial charge in [-0.1, -0.05) is 12.1 Å². The second-order valence-corrected chi connectivity index (χ2v) is 4.54. The van der Waals surface area contributed by atoms with Gasteiger partial charge in [0.05, 0.1) is 11.4 Å². The van der Waals surface area contributed by atoms with Crippen LogP contribution >= 0.6 is 0 Å². The van der Waals surface area contributed by atoms with Crippen LogP contribution in [0.4, 0.5) is 10.1 Å². The second-order valence-electron chi connectivity index (χ2n) is 4.54. The molecule has 1 amide bonds. The van der Waals surface area contributed by atoms with Gasteiger partial charge >= 0.3 is 0 Å². The highest BCUT2D eigenvalue weighted by Crippen LogP contribution is 2.14. The number of halogens is 1. The minimum absolute atomic E-state index is 0.0288. The summed E-state index contributed by atoms with van der Waals surface area (Å²) in [5.41, 5.74) is 8.40. The van der Waals surface area contributed by atoms with Crippen LogP contribution in [0.3, 0.4) is 0 Å². The van der Waals surface area contributed by atoms with Gasteiger partial charge in [0, 0.05) is 17.8 Å². The Morgan fingerprint density at radius 2 is 2.10 bits per heavy atom. The maximum atomic E-state index is 13.4. The number of aryl methyl sites for hydroxylation is 1. The van der Waals surface area contributed by atoms with Crippen LogP contribution in [0.5, 0.6) is 0 Å². The van der Waals surface area contributed by atoms with E-state index in [-0.39, 0.29) is 18.1 Å². The molecule has 2 aromatic rings. The van der Waals surface area contributed by atoms with E-state index in [2.05, 4.69) is 10.4 Å². The van der Waals surface area contributed by atoms with Crippen LogP contribution in [0.15, 0.2) is 24.3 Å². The molecule has 6 heteroatoms. The van der Waals surface area contributed by atoms with Crippen LogP contribution in [0.25, 0.3) is 0 Å². The van der Waals surface area contributed by atoms with Crippen molar-refractivity contribution in [2.75, 3.05) is 5.32 Å². The molecule has 0 aliphatic rings. The van der Waals surface area contributed by atoms with E-state index in [4.69, 9.17) is 5.73 Å². The quantitative estimate of drug-likeness (QED) is 0.893. The molecule has 0 atom stereocenters. The number of nitrogens with one attached hydrogen (secondary N) is 1. The predicted molar refractivity (Wildman–Crippen MR) is 74.6 cm³/mol. The van der Waals surface area contributed by atoms with Gasteiger partial charge in [-0.15, -0.1) is 0 Å². The van der Waals surface area contributed by atoms with E-state index in [9.17, 15) is 9.18 Å². The molecule has 0 aliphatic carbocycles. The molecule has 0 unspecified atom stereocenters. The molecule has 0 bridgehead atoms. The zero-order valence-electron chi connectivity index (χ0n) is 11.5. The first-order chi connectivity index (χ1) is 9.52. The first-order valence-corrected chi connectivity index (χ1v) is 6.30. The van der Waals surface area contributed by atoms with E-state index in [1.807, 2.05) is 13.8 Å². The summed E-state index contributed by atoms with van der Waals surface area (Å²) in [7, 11) is 0. The number of hydrogen-bond donors (Lipinski definition) is 2. The SMILES string of the molecule is Cc1nn(CC(=O)Nc2ccccc2F)c(C)c1CN. The molecule has 20 heavy (non-hydrogen) atoms. The minimum Gasteiger partial charge on any atom is -0.326 e. The lowest BCUT2D eigenvalue weighted by Crippen LogP contribution is -2.21. The number of carbonyl (C=O) groups is 1. The molecule has 0 radical (unpaired) electrons. The lowest BCUT2D eigenvalue weighted by molar-refractivity contribution is -0.117. The fourth-order valence-electron chi connectivity index (χ4n) is 2.07. The number of rotatable bonds is 4. The first kappa shape index (κ1) is 14.2. The number of amides is 1. The highest BCUT2D eigenvalue weighted by Gasteiger charge is 2.13. The number of hydrogen-bond acceptors (Lipinski definition) is 3. The van der Waals surface area contributed by atoms with Crippen LogP contribution in [0, 0.1) is 19.7 Å². The summed E-state index contributed by atoms with van der Waals surface area (Å²) < 4.78 is 15.0. The van der Waals surface area contributed by atoms with Gasteiger partial charge in [-0.3, -0.25) is 9.48 Å². The van der Waals surface area contributed by atoms with E-state index in [0.717, 1.165) is 17.0 Å². The molecular formula is C14H17FN4O. The zero-order valence-corrected chi connectivity index (χ0v) is 11.5. The molecule has 3 N–H and O–H groups in total. The lowest BCUT2D eigenvalue weighted by atomic mass is 10.2. The Bertz CT molecular complexity index is 636. The Balaban J connectivity index is 2.11. The summed E-state index contributed by atoms with van der Waals surface area (Å²) in [5.74, 6) is -0.791. The number of para-hydroxylation sites is 1. The molecule has 0 saturated carbocycles. The third-order valence-electron chi connectivity index (χ3n) is 3.18. The molecule has 0 fully saturated rings.